The zero-order valence-electron chi connectivity index (χ0n) is 13.4. The molecule has 120 valence electrons. The molecule has 0 bridgehead atoms. The molecule has 5 heteroatoms. The van der Waals surface area contributed by atoms with Crippen LogP contribution in [0.25, 0.3) is 0 Å². The van der Waals surface area contributed by atoms with Gasteiger partial charge in [-0.15, -0.1) is 0 Å². The van der Waals surface area contributed by atoms with E-state index in [1.165, 1.54) is 0 Å². The molecule has 0 aromatic heterocycles. The molecule has 0 unspecified atom stereocenters. The van der Waals surface area contributed by atoms with E-state index in [-0.39, 0.29) is 17.9 Å². The van der Waals surface area contributed by atoms with Crippen LogP contribution in [-0.2, 0) is 4.79 Å². The number of anilines is 1. The number of benzene rings is 1. The summed E-state index contributed by atoms with van der Waals surface area (Å²) in [6, 6.07) is 9.59. The molecule has 1 aromatic carbocycles. The van der Waals surface area contributed by atoms with Crippen LogP contribution in [-0.4, -0.2) is 47.9 Å². The number of hydrogen-bond acceptors (Lipinski definition) is 2. The number of carbonyl (C=O) groups excluding carboxylic acids is 2. The molecular weight excluding hydrogens is 278 g/mol. The third-order valence-corrected chi connectivity index (χ3v) is 4.21. The second-order valence-electron chi connectivity index (χ2n) is 5.57. The van der Waals surface area contributed by atoms with Gasteiger partial charge in [0.1, 0.15) is 0 Å². The van der Waals surface area contributed by atoms with E-state index in [9.17, 15) is 9.59 Å². The Kier molecular flexibility index (Phi) is 5.81. The van der Waals surface area contributed by atoms with Crippen molar-refractivity contribution in [1.29, 1.82) is 0 Å². The van der Waals surface area contributed by atoms with Crippen molar-refractivity contribution in [2.45, 2.75) is 26.7 Å². The first-order valence-electron chi connectivity index (χ1n) is 8.05. The van der Waals surface area contributed by atoms with E-state index in [1.807, 2.05) is 54.0 Å². The molecule has 3 amide bonds. The second-order valence-corrected chi connectivity index (χ2v) is 5.57. The van der Waals surface area contributed by atoms with E-state index in [1.54, 1.807) is 0 Å². The molecule has 1 N–H and O–H groups in total. The van der Waals surface area contributed by atoms with E-state index in [0.29, 0.717) is 13.1 Å². The topological polar surface area (TPSA) is 52.7 Å². The van der Waals surface area contributed by atoms with E-state index in [0.717, 1.165) is 31.6 Å². The van der Waals surface area contributed by atoms with Gasteiger partial charge in [-0.05, 0) is 38.8 Å². The number of amides is 3. The molecule has 1 aromatic rings. The monoisotopic (exact) mass is 303 g/mol. The van der Waals surface area contributed by atoms with Gasteiger partial charge in [0.15, 0.2) is 0 Å². The fourth-order valence-corrected chi connectivity index (χ4v) is 2.79. The van der Waals surface area contributed by atoms with Crippen LogP contribution in [0.4, 0.5) is 10.5 Å². The maximum absolute atomic E-state index is 12.3. The quantitative estimate of drug-likeness (QED) is 0.930. The summed E-state index contributed by atoms with van der Waals surface area (Å²) in [5.74, 6) is 0.0436. The van der Waals surface area contributed by atoms with Crippen LogP contribution >= 0.6 is 0 Å². The summed E-state index contributed by atoms with van der Waals surface area (Å²) in [5.41, 5.74) is 0.828. The highest BCUT2D eigenvalue weighted by Gasteiger charge is 2.28. The van der Waals surface area contributed by atoms with E-state index in [2.05, 4.69) is 5.32 Å². The zero-order valence-corrected chi connectivity index (χ0v) is 13.4. The van der Waals surface area contributed by atoms with Crippen molar-refractivity contribution in [3.05, 3.63) is 30.3 Å². The maximum Gasteiger partial charge on any atom is 0.319 e. The second kappa shape index (κ2) is 7.82. The number of nitrogens with zero attached hydrogens (tertiary/aromatic N) is 2. The standard InChI is InChI=1S/C17H25N3O2/c1-3-19(4-2)17(22)20-12-10-14(11-13-20)16(21)18-15-8-6-5-7-9-15/h5-9,14H,3-4,10-13H2,1-2H3,(H,18,21). The largest absolute Gasteiger partial charge is 0.326 e. The van der Waals surface area contributed by atoms with Gasteiger partial charge in [-0.1, -0.05) is 18.2 Å². The van der Waals surface area contributed by atoms with Gasteiger partial charge in [0, 0.05) is 37.8 Å². The Morgan fingerprint density at radius 1 is 1.14 bits per heavy atom. The van der Waals surface area contributed by atoms with Crippen molar-refractivity contribution in [1.82, 2.24) is 9.80 Å². The van der Waals surface area contributed by atoms with Crippen LogP contribution in [0.15, 0.2) is 30.3 Å². The summed E-state index contributed by atoms with van der Waals surface area (Å²) >= 11 is 0. The van der Waals surface area contributed by atoms with Crippen LogP contribution in [0.1, 0.15) is 26.7 Å². The summed E-state index contributed by atoms with van der Waals surface area (Å²) in [6.07, 6.45) is 1.46. The van der Waals surface area contributed by atoms with Crippen molar-refractivity contribution in [2.24, 2.45) is 5.92 Å². The summed E-state index contributed by atoms with van der Waals surface area (Å²) in [4.78, 5) is 28.2. The minimum atomic E-state index is -0.0130. The van der Waals surface area contributed by atoms with Gasteiger partial charge >= 0.3 is 6.03 Å². The number of likely N-dealkylation sites (tertiary alicyclic amines) is 1. The Labute approximate surface area is 132 Å². The molecule has 0 radical (unpaired) electrons. The molecule has 1 aliphatic heterocycles. The average molecular weight is 303 g/mol. The lowest BCUT2D eigenvalue weighted by molar-refractivity contribution is -0.121. The molecule has 0 atom stereocenters. The summed E-state index contributed by atoms with van der Waals surface area (Å²) in [5, 5.41) is 2.95. The molecular formula is C17H25N3O2. The first-order chi connectivity index (χ1) is 10.7. The number of rotatable bonds is 4. The van der Waals surface area contributed by atoms with Crippen molar-refractivity contribution in [2.75, 3.05) is 31.5 Å². The smallest absolute Gasteiger partial charge is 0.319 e. The first-order valence-corrected chi connectivity index (χ1v) is 8.05. The first kappa shape index (κ1) is 16.3. The van der Waals surface area contributed by atoms with Gasteiger partial charge in [0.2, 0.25) is 5.91 Å². The molecule has 0 aliphatic carbocycles. The third kappa shape index (κ3) is 4.00. The molecule has 2 rings (SSSR count). The van der Waals surface area contributed by atoms with E-state index < -0.39 is 0 Å². The summed E-state index contributed by atoms with van der Waals surface area (Å²) < 4.78 is 0. The molecule has 1 aliphatic rings. The number of urea groups is 1. The normalized spacial score (nSPS) is 15.5. The van der Waals surface area contributed by atoms with Crippen LogP contribution in [0, 0.1) is 5.92 Å². The van der Waals surface area contributed by atoms with Crippen molar-refractivity contribution < 1.29 is 9.59 Å². The van der Waals surface area contributed by atoms with Gasteiger partial charge in [0.25, 0.3) is 0 Å². The van der Waals surface area contributed by atoms with E-state index >= 15 is 0 Å². The Morgan fingerprint density at radius 2 is 1.73 bits per heavy atom. The Bertz CT molecular complexity index is 492. The van der Waals surface area contributed by atoms with E-state index in [4.69, 9.17) is 0 Å². The lowest BCUT2D eigenvalue weighted by atomic mass is 9.96. The molecule has 22 heavy (non-hydrogen) atoms. The fourth-order valence-electron chi connectivity index (χ4n) is 2.79. The molecule has 1 heterocycles. The Morgan fingerprint density at radius 3 is 2.27 bits per heavy atom. The average Bonchev–Trinajstić information content (AvgIpc) is 2.57. The van der Waals surface area contributed by atoms with Gasteiger partial charge in [0.05, 0.1) is 0 Å². The zero-order chi connectivity index (χ0) is 15.9. The van der Waals surface area contributed by atoms with Gasteiger partial charge < -0.3 is 15.1 Å². The predicted octanol–water partition coefficient (Wildman–Crippen LogP) is 2.80. The molecule has 0 saturated carbocycles. The summed E-state index contributed by atoms with van der Waals surface area (Å²) in [7, 11) is 0. The van der Waals surface area contributed by atoms with Crippen LogP contribution < -0.4 is 5.32 Å². The number of para-hydroxylation sites is 1. The highest BCUT2D eigenvalue weighted by atomic mass is 16.2. The SMILES string of the molecule is CCN(CC)C(=O)N1CCC(C(=O)Nc2ccccc2)CC1. The van der Waals surface area contributed by atoms with Gasteiger partial charge in [-0.3, -0.25) is 4.79 Å². The van der Waals surface area contributed by atoms with Crippen molar-refractivity contribution in [3.63, 3.8) is 0 Å². The van der Waals surface area contributed by atoms with Gasteiger partial charge in [-0.25, -0.2) is 4.79 Å². The molecule has 5 nitrogen and oxygen atoms in total. The maximum atomic E-state index is 12.3. The number of hydrogen-bond donors (Lipinski definition) is 1. The Hall–Kier alpha value is -2.04. The van der Waals surface area contributed by atoms with Crippen molar-refractivity contribution in [3.8, 4) is 0 Å². The molecule has 0 spiro atoms. The Balaban J connectivity index is 1.84. The van der Waals surface area contributed by atoms with Crippen LogP contribution in [0.5, 0.6) is 0 Å². The molecule has 1 saturated heterocycles. The number of carbonyl (C=O) groups is 2. The number of piperidine rings is 1. The predicted molar refractivity (Wildman–Crippen MR) is 87.7 cm³/mol. The van der Waals surface area contributed by atoms with Crippen LogP contribution in [0.2, 0.25) is 0 Å². The minimum Gasteiger partial charge on any atom is -0.326 e. The number of nitrogens with one attached hydrogen (secondary N) is 1. The molecule has 1 fully saturated rings. The lowest BCUT2D eigenvalue weighted by Gasteiger charge is -2.34. The minimum absolute atomic E-state index is 0.0130. The summed E-state index contributed by atoms with van der Waals surface area (Å²) in [6.45, 7) is 6.74. The fraction of sp³-hybridized carbons (Fsp3) is 0.529. The highest BCUT2D eigenvalue weighted by Crippen LogP contribution is 2.20. The van der Waals surface area contributed by atoms with Crippen LogP contribution in [0.3, 0.4) is 0 Å². The van der Waals surface area contributed by atoms with Crippen molar-refractivity contribution >= 4 is 17.6 Å². The third-order valence-electron chi connectivity index (χ3n) is 4.21. The lowest BCUT2D eigenvalue weighted by Crippen LogP contribution is -2.47. The van der Waals surface area contributed by atoms with Gasteiger partial charge in [-0.2, -0.15) is 0 Å². The highest BCUT2D eigenvalue weighted by molar-refractivity contribution is 5.92.